The molecule has 0 saturated carbocycles. The molecule has 1 aliphatic rings. The molecule has 4 rings (SSSR count). The Morgan fingerprint density at radius 3 is 2.30 bits per heavy atom. The van der Waals surface area contributed by atoms with Gasteiger partial charge in [-0.1, -0.05) is 30.3 Å². The van der Waals surface area contributed by atoms with E-state index in [1.54, 1.807) is 16.8 Å². The van der Waals surface area contributed by atoms with Crippen LogP contribution in [0.25, 0.3) is 5.69 Å². The number of nitrogens with zero attached hydrogens (tertiary/aromatic N) is 4. The minimum absolute atomic E-state index is 0.0223. The van der Waals surface area contributed by atoms with Gasteiger partial charge in [-0.15, -0.1) is 0 Å². The van der Waals surface area contributed by atoms with Crippen LogP contribution >= 0.6 is 0 Å². The van der Waals surface area contributed by atoms with Crippen molar-refractivity contribution in [3.05, 3.63) is 82.9 Å². The Labute approximate surface area is 192 Å². The van der Waals surface area contributed by atoms with Gasteiger partial charge < -0.3 is 10.2 Å². The summed E-state index contributed by atoms with van der Waals surface area (Å²) in [6, 6.07) is 15.8. The molecule has 0 atom stereocenters. The summed E-state index contributed by atoms with van der Waals surface area (Å²) in [6.07, 6.45) is 0. The number of amides is 2. The highest BCUT2D eigenvalue weighted by Crippen LogP contribution is 2.20. The Kier molecular flexibility index (Phi) is 6.84. The number of halogens is 1. The predicted molar refractivity (Wildman–Crippen MR) is 124 cm³/mol. The maximum atomic E-state index is 13.3. The number of carbonyl (C=O) groups is 2. The van der Waals surface area contributed by atoms with E-state index in [2.05, 4.69) is 15.3 Å². The summed E-state index contributed by atoms with van der Waals surface area (Å²) < 4.78 is 14.9. The first kappa shape index (κ1) is 22.7. The van der Waals surface area contributed by atoms with Crippen molar-refractivity contribution in [3.8, 4) is 5.69 Å². The molecule has 1 aliphatic heterocycles. The number of rotatable bonds is 6. The van der Waals surface area contributed by atoms with Gasteiger partial charge in [-0.3, -0.25) is 14.5 Å². The van der Waals surface area contributed by atoms with Gasteiger partial charge in [0.15, 0.2) is 0 Å². The first-order valence-corrected chi connectivity index (χ1v) is 11.1. The number of hydrogen-bond donors (Lipinski definition) is 1. The molecule has 2 heterocycles. The van der Waals surface area contributed by atoms with Gasteiger partial charge in [-0.05, 0) is 43.7 Å². The molecule has 0 aliphatic carbocycles. The SMILES string of the molecule is Cc1nn(-c2ccc(F)cc2)c(C)c1C(=O)N1CCN(CC(=O)NCc2ccccc2)CC1. The molecule has 7 nitrogen and oxygen atoms in total. The number of hydrogen-bond acceptors (Lipinski definition) is 4. The first-order chi connectivity index (χ1) is 15.9. The molecule has 0 unspecified atom stereocenters. The molecule has 3 aromatic rings. The second kappa shape index (κ2) is 9.95. The molecule has 172 valence electrons. The molecule has 8 heteroatoms. The molecule has 1 N–H and O–H groups in total. The molecular weight excluding hydrogens is 421 g/mol. The lowest BCUT2D eigenvalue weighted by atomic mass is 10.1. The van der Waals surface area contributed by atoms with Crippen LogP contribution in [-0.2, 0) is 11.3 Å². The minimum atomic E-state index is -0.316. The maximum Gasteiger partial charge on any atom is 0.257 e. The van der Waals surface area contributed by atoms with Crippen LogP contribution in [0, 0.1) is 19.7 Å². The minimum Gasteiger partial charge on any atom is -0.351 e. The van der Waals surface area contributed by atoms with Crippen molar-refractivity contribution in [2.45, 2.75) is 20.4 Å². The lowest BCUT2D eigenvalue weighted by Crippen LogP contribution is -2.51. The molecule has 2 aromatic carbocycles. The third kappa shape index (κ3) is 5.28. The van der Waals surface area contributed by atoms with E-state index in [0.29, 0.717) is 56.2 Å². The summed E-state index contributed by atoms with van der Waals surface area (Å²) in [5, 5.41) is 7.46. The van der Waals surface area contributed by atoms with Gasteiger partial charge in [-0.25, -0.2) is 9.07 Å². The van der Waals surface area contributed by atoms with Gasteiger partial charge in [0.25, 0.3) is 5.91 Å². The smallest absolute Gasteiger partial charge is 0.257 e. The molecule has 1 fully saturated rings. The van der Waals surface area contributed by atoms with Crippen molar-refractivity contribution < 1.29 is 14.0 Å². The quantitative estimate of drug-likeness (QED) is 0.628. The Balaban J connectivity index is 1.33. The van der Waals surface area contributed by atoms with Crippen LogP contribution in [0.1, 0.15) is 27.3 Å². The molecule has 0 radical (unpaired) electrons. The number of nitrogens with one attached hydrogen (secondary N) is 1. The normalized spacial score (nSPS) is 14.3. The monoisotopic (exact) mass is 449 g/mol. The van der Waals surface area contributed by atoms with Crippen LogP contribution in [0.4, 0.5) is 4.39 Å². The zero-order valence-corrected chi connectivity index (χ0v) is 18.9. The lowest BCUT2D eigenvalue weighted by Gasteiger charge is -2.34. The Morgan fingerprint density at radius 2 is 1.64 bits per heavy atom. The number of carbonyl (C=O) groups excluding carboxylic acids is 2. The number of aromatic nitrogens is 2. The van der Waals surface area contributed by atoms with E-state index in [1.807, 2.05) is 49.1 Å². The second-order valence-corrected chi connectivity index (χ2v) is 8.26. The lowest BCUT2D eigenvalue weighted by molar-refractivity contribution is -0.122. The zero-order valence-electron chi connectivity index (χ0n) is 18.9. The van der Waals surface area contributed by atoms with E-state index in [4.69, 9.17) is 0 Å². The Morgan fingerprint density at radius 1 is 0.970 bits per heavy atom. The van der Waals surface area contributed by atoms with Crippen molar-refractivity contribution in [1.29, 1.82) is 0 Å². The van der Waals surface area contributed by atoms with E-state index >= 15 is 0 Å². The summed E-state index contributed by atoms with van der Waals surface area (Å²) in [5.74, 6) is -0.402. The Hall–Kier alpha value is -3.52. The van der Waals surface area contributed by atoms with E-state index in [0.717, 1.165) is 11.3 Å². The highest BCUT2D eigenvalue weighted by atomic mass is 19.1. The van der Waals surface area contributed by atoms with Crippen molar-refractivity contribution in [3.63, 3.8) is 0 Å². The largest absolute Gasteiger partial charge is 0.351 e. The van der Waals surface area contributed by atoms with E-state index in [1.165, 1.54) is 12.1 Å². The summed E-state index contributed by atoms with van der Waals surface area (Å²) in [7, 11) is 0. The van der Waals surface area contributed by atoms with Crippen molar-refractivity contribution >= 4 is 11.8 Å². The molecular formula is C25H28FN5O2. The Bertz CT molecular complexity index is 1120. The average Bonchev–Trinajstić information content (AvgIpc) is 3.12. The highest BCUT2D eigenvalue weighted by Gasteiger charge is 2.27. The molecule has 1 aromatic heterocycles. The number of aryl methyl sites for hydroxylation is 1. The maximum absolute atomic E-state index is 13.3. The van der Waals surface area contributed by atoms with Crippen molar-refractivity contribution in [2.24, 2.45) is 0 Å². The first-order valence-electron chi connectivity index (χ1n) is 11.1. The fourth-order valence-electron chi connectivity index (χ4n) is 4.11. The van der Waals surface area contributed by atoms with Crippen molar-refractivity contribution in [2.75, 3.05) is 32.7 Å². The van der Waals surface area contributed by atoms with Crippen molar-refractivity contribution in [1.82, 2.24) is 24.9 Å². The fourth-order valence-corrected chi connectivity index (χ4v) is 4.11. The number of benzene rings is 2. The van der Waals surface area contributed by atoms with Gasteiger partial charge in [0, 0.05) is 32.7 Å². The van der Waals surface area contributed by atoms with Crippen LogP contribution < -0.4 is 5.32 Å². The van der Waals surface area contributed by atoms with Crippen LogP contribution in [0.15, 0.2) is 54.6 Å². The molecule has 33 heavy (non-hydrogen) atoms. The van der Waals surface area contributed by atoms with E-state index in [9.17, 15) is 14.0 Å². The van der Waals surface area contributed by atoms with Crippen LogP contribution in [-0.4, -0.2) is 64.1 Å². The molecule has 0 bridgehead atoms. The second-order valence-electron chi connectivity index (χ2n) is 8.26. The van der Waals surface area contributed by atoms with Gasteiger partial charge in [0.2, 0.25) is 5.91 Å². The van der Waals surface area contributed by atoms with Crippen LogP contribution in [0.5, 0.6) is 0 Å². The van der Waals surface area contributed by atoms with E-state index < -0.39 is 0 Å². The summed E-state index contributed by atoms with van der Waals surface area (Å²) in [4.78, 5) is 29.4. The standard InChI is InChI=1S/C25H28FN5O2/c1-18-24(19(2)31(28-18)22-10-8-21(26)9-11-22)25(33)30-14-12-29(13-15-30)17-23(32)27-16-20-6-4-3-5-7-20/h3-11H,12-17H2,1-2H3,(H,27,32). The fraction of sp³-hybridized carbons (Fsp3) is 0.320. The summed E-state index contributed by atoms with van der Waals surface area (Å²) in [5.41, 5.74) is 3.72. The van der Waals surface area contributed by atoms with Gasteiger partial charge in [0.1, 0.15) is 5.82 Å². The van der Waals surface area contributed by atoms with Gasteiger partial charge in [0.05, 0.1) is 29.2 Å². The topological polar surface area (TPSA) is 70.5 Å². The number of piperazine rings is 1. The van der Waals surface area contributed by atoms with E-state index in [-0.39, 0.29) is 17.6 Å². The highest BCUT2D eigenvalue weighted by molar-refractivity contribution is 5.96. The van der Waals surface area contributed by atoms with Gasteiger partial charge in [-0.2, -0.15) is 5.10 Å². The zero-order chi connectivity index (χ0) is 23.4. The molecule has 2 amide bonds. The summed E-state index contributed by atoms with van der Waals surface area (Å²) in [6.45, 7) is 6.85. The third-order valence-electron chi connectivity index (χ3n) is 5.94. The van der Waals surface area contributed by atoms with Crippen LogP contribution in [0.2, 0.25) is 0 Å². The van der Waals surface area contributed by atoms with Crippen LogP contribution in [0.3, 0.4) is 0 Å². The summed E-state index contributed by atoms with van der Waals surface area (Å²) >= 11 is 0. The third-order valence-corrected chi connectivity index (χ3v) is 5.94. The molecule has 0 spiro atoms. The molecule has 1 saturated heterocycles. The average molecular weight is 450 g/mol. The predicted octanol–water partition coefficient (Wildman–Crippen LogP) is 2.70. The van der Waals surface area contributed by atoms with Gasteiger partial charge >= 0.3 is 0 Å².